The highest BCUT2D eigenvalue weighted by Gasteiger charge is 2.52. The minimum Gasteiger partial charge on any atom is -0.480 e. The second-order valence-electron chi connectivity index (χ2n) is 20.0. The molecule has 74 heavy (non-hydrogen) atoms. The standard InChI is InChI=1S/C51H71N5O18/c1-25(52-49(66)68-22-36-34-20-16-14-18-32(34)33-19-15-17-21-35(33)36)44(61)54-37(23-69-50(8,9)10)45(62)55-39(46(63)56-40(47(64)65)27(3)74-51(11,12)13)26(2)70-48-41(53-28(4)57)43(72-31(7)60)42(71-30(6)59)38(73-48)24-67-29(5)58/h14-21,25-27,36-43,48H,22-24H2,1-13H3,(H,52,66)(H,53,57)(H,54,61)(H,55,62)(H,56,63)(H,64,65)/t25-,26+,27+,37-,38+,39-,40-,41+,42-,43+,48-/m0/s1. The van der Waals surface area contributed by atoms with Crippen LogP contribution in [0.1, 0.15) is 107 Å². The number of esters is 3. The van der Waals surface area contributed by atoms with E-state index in [1.807, 2.05) is 48.5 Å². The fourth-order valence-electron chi connectivity index (χ4n) is 8.29. The Hall–Kier alpha value is -6.69. The van der Waals surface area contributed by atoms with Gasteiger partial charge in [0.1, 0.15) is 43.5 Å². The van der Waals surface area contributed by atoms with Crippen LogP contribution in [0.5, 0.6) is 0 Å². The van der Waals surface area contributed by atoms with Crippen LogP contribution in [0.4, 0.5) is 4.79 Å². The number of carbonyl (C=O) groups is 9. The number of carbonyl (C=O) groups excluding carboxylic acids is 8. The molecule has 0 aromatic heterocycles. The lowest BCUT2D eigenvalue weighted by Gasteiger charge is -2.46. The Morgan fingerprint density at radius 2 is 1.19 bits per heavy atom. The van der Waals surface area contributed by atoms with Crippen molar-refractivity contribution in [1.82, 2.24) is 26.6 Å². The van der Waals surface area contributed by atoms with E-state index < -0.39 is 145 Å². The van der Waals surface area contributed by atoms with Gasteiger partial charge in [-0.25, -0.2) is 9.59 Å². The molecule has 1 heterocycles. The van der Waals surface area contributed by atoms with Crippen LogP contribution in [0.15, 0.2) is 48.5 Å². The van der Waals surface area contributed by atoms with E-state index >= 15 is 0 Å². The first-order valence-corrected chi connectivity index (χ1v) is 24.1. The number of rotatable bonds is 22. The molecule has 23 nitrogen and oxygen atoms in total. The Labute approximate surface area is 430 Å². The second kappa shape index (κ2) is 26.0. The maximum atomic E-state index is 14.5. The van der Waals surface area contributed by atoms with Gasteiger partial charge < -0.3 is 69.6 Å². The SMILES string of the molecule is CC(=O)N[C@H]1[C@@H](O[C@H](C)[C@H](NC(=O)[C@H](COC(C)(C)C)NC(=O)[C@H](C)NC(=O)OCC2c3ccccc3-c3ccccc32)C(=O)N[C@H](C(=O)O)[C@@H](C)OC(C)(C)C)O[C@H](COC(C)=O)[C@H](OC(C)=O)[C@@H]1OC(C)=O. The lowest BCUT2D eigenvalue weighted by atomic mass is 9.95. The van der Waals surface area contributed by atoms with E-state index in [4.69, 9.17) is 37.9 Å². The second-order valence-corrected chi connectivity index (χ2v) is 20.0. The monoisotopic (exact) mass is 1040 g/mol. The summed E-state index contributed by atoms with van der Waals surface area (Å²) in [5, 5.41) is 22.8. The largest absolute Gasteiger partial charge is 0.480 e. The van der Waals surface area contributed by atoms with Gasteiger partial charge in [-0.05, 0) is 84.6 Å². The van der Waals surface area contributed by atoms with Crippen molar-refractivity contribution in [2.24, 2.45) is 0 Å². The van der Waals surface area contributed by atoms with Crippen LogP contribution in [0.2, 0.25) is 0 Å². The number of fused-ring (bicyclic) bond motifs is 3. The van der Waals surface area contributed by atoms with Crippen LogP contribution >= 0.6 is 0 Å². The zero-order chi connectivity index (χ0) is 55.4. The number of benzene rings is 2. The van der Waals surface area contributed by atoms with Gasteiger partial charge >= 0.3 is 30.0 Å². The van der Waals surface area contributed by atoms with Gasteiger partial charge in [-0.1, -0.05) is 48.5 Å². The van der Waals surface area contributed by atoms with E-state index in [-0.39, 0.29) is 12.5 Å². The summed E-state index contributed by atoms with van der Waals surface area (Å²) in [7, 11) is 0. The molecule has 1 aliphatic carbocycles. The number of hydrogen-bond donors (Lipinski definition) is 6. The number of carboxylic acid groups (broad SMARTS) is 1. The molecule has 408 valence electrons. The molecule has 0 bridgehead atoms. The Balaban J connectivity index is 1.66. The van der Waals surface area contributed by atoms with Gasteiger partial charge in [0.15, 0.2) is 24.5 Å². The third-order valence-corrected chi connectivity index (χ3v) is 11.4. The van der Waals surface area contributed by atoms with Gasteiger partial charge in [-0.15, -0.1) is 0 Å². The number of amides is 5. The zero-order valence-electron chi connectivity index (χ0n) is 44.1. The maximum absolute atomic E-state index is 14.5. The molecule has 2 aliphatic rings. The number of alkyl carbamates (subject to hydrolysis) is 1. The van der Waals surface area contributed by atoms with Gasteiger partial charge in [0.2, 0.25) is 23.6 Å². The van der Waals surface area contributed by atoms with E-state index in [9.17, 15) is 48.3 Å². The van der Waals surface area contributed by atoms with Crippen molar-refractivity contribution in [2.75, 3.05) is 19.8 Å². The predicted molar refractivity (Wildman–Crippen MR) is 262 cm³/mol. The van der Waals surface area contributed by atoms with Crippen LogP contribution in [0, 0.1) is 0 Å². The average molecular weight is 1040 g/mol. The zero-order valence-corrected chi connectivity index (χ0v) is 44.1. The Bertz CT molecular complexity index is 2320. The molecule has 5 amide bonds. The quantitative estimate of drug-likeness (QED) is 0.0729. The number of aliphatic carboxylic acids is 1. The topological polar surface area (TPSA) is 308 Å². The van der Waals surface area contributed by atoms with Gasteiger partial charge in [0, 0.05) is 33.6 Å². The summed E-state index contributed by atoms with van der Waals surface area (Å²) in [6.45, 7) is 17.3. The molecule has 23 heteroatoms. The molecule has 1 aliphatic heterocycles. The molecule has 2 aromatic rings. The van der Waals surface area contributed by atoms with E-state index in [2.05, 4.69) is 26.6 Å². The molecule has 0 unspecified atom stereocenters. The van der Waals surface area contributed by atoms with Crippen molar-refractivity contribution in [3.05, 3.63) is 59.7 Å². The van der Waals surface area contributed by atoms with Crippen molar-refractivity contribution in [1.29, 1.82) is 0 Å². The van der Waals surface area contributed by atoms with Gasteiger partial charge in [0.25, 0.3) is 0 Å². The van der Waals surface area contributed by atoms with E-state index in [0.717, 1.165) is 49.9 Å². The highest BCUT2D eigenvalue weighted by atomic mass is 16.7. The van der Waals surface area contributed by atoms with Crippen LogP contribution in [0.3, 0.4) is 0 Å². The van der Waals surface area contributed by atoms with Gasteiger partial charge in [-0.3, -0.25) is 33.6 Å². The van der Waals surface area contributed by atoms with Crippen molar-refractivity contribution in [3.63, 3.8) is 0 Å². The molecule has 2 aromatic carbocycles. The Morgan fingerprint density at radius 3 is 1.70 bits per heavy atom. The highest BCUT2D eigenvalue weighted by Crippen LogP contribution is 2.44. The summed E-state index contributed by atoms with van der Waals surface area (Å²) in [4.78, 5) is 118. The van der Waals surface area contributed by atoms with Gasteiger partial charge in [-0.2, -0.15) is 0 Å². The minimum absolute atomic E-state index is 0.0479. The first-order chi connectivity index (χ1) is 34.5. The molecule has 1 saturated heterocycles. The third kappa shape index (κ3) is 17.5. The van der Waals surface area contributed by atoms with E-state index in [1.165, 1.54) is 20.8 Å². The average Bonchev–Trinajstić information content (AvgIpc) is 3.60. The summed E-state index contributed by atoms with van der Waals surface area (Å²) >= 11 is 0. The molecule has 6 N–H and O–H groups in total. The molecule has 11 atom stereocenters. The summed E-state index contributed by atoms with van der Waals surface area (Å²) in [6, 6.07) is 7.49. The number of nitrogens with one attached hydrogen (secondary N) is 5. The lowest BCUT2D eigenvalue weighted by molar-refractivity contribution is -0.287. The molecule has 4 rings (SSSR count). The normalized spacial score (nSPS) is 20.8. The number of hydrogen-bond acceptors (Lipinski definition) is 17. The molecule has 1 fully saturated rings. The Morgan fingerprint density at radius 1 is 0.635 bits per heavy atom. The van der Waals surface area contributed by atoms with Crippen molar-refractivity contribution in [2.45, 2.75) is 174 Å². The Kier molecular flexibility index (Phi) is 21.0. The minimum atomic E-state index is -1.89. The summed E-state index contributed by atoms with van der Waals surface area (Å²) < 4.78 is 46.0. The maximum Gasteiger partial charge on any atom is 0.407 e. The molecule has 0 spiro atoms. The fourth-order valence-corrected chi connectivity index (χ4v) is 8.29. The number of carboxylic acids is 1. The smallest absolute Gasteiger partial charge is 0.407 e. The van der Waals surface area contributed by atoms with Crippen LogP contribution in [0.25, 0.3) is 11.1 Å². The first-order valence-electron chi connectivity index (χ1n) is 24.1. The lowest BCUT2D eigenvalue weighted by Crippen LogP contribution is -2.68. The van der Waals surface area contributed by atoms with Crippen LogP contribution in [-0.2, 0) is 76.3 Å². The van der Waals surface area contributed by atoms with Crippen molar-refractivity contribution < 1.29 is 86.2 Å². The first kappa shape index (κ1) is 59.9. The van der Waals surface area contributed by atoms with Crippen molar-refractivity contribution in [3.8, 4) is 11.1 Å². The summed E-state index contributed by atoms with van der Waals surface area (Å²) in [5.74, 6) is -8.10. The summed E-state index contributed by atoms with van der Waals surface area (Å²) in [6.07, 6.45) is -9.91. The molecule has 0 saturated carbocycles. The van der Waals surface area contributed by atoms with E-state index in [1.54, 1.807) is 41.5 Å². The fraction of sp³-hybridized carbons (Fsp3) is 0.588. The van der Waals surface area contributed by atoms with Gasteiger partial charge in [0.05, 0.1) is 30.0 Å². The third-order valence-electron chi connectivity index (χ3n) is 11.4. The summed E-state index contributed by atoms with van der Waals surface area (Å²) in [5.41, 5.74) is 2.21. The highest BCUT2D eigenvalue weighted by molar-refractivity contribution is 5.95. The number of ether oxygens (including phenoxy) is 8. The molecular weight excluding hydrogens is 971 g/mol. The molecule has 0 radical (unpaired) electrons. The molecular formula is C51H71N5O18. The van der Waals surface area contributed by atoms with Crippen molar-refractivity contribution >= 4 is 53.6 Å². The van der Waals surface area contributed by atoms with Crippen LogP contribution < -0.4 is 26.6 Å². The van der Waals surface area contributed by atoms with E-state index in [0.29, 0.717) is 0 Å². The predicted octanol–water partition coefficient (Wildman–Crippen LogP) is 2.53. The van der Waals surface area contributed by atoms with Crippen LogP contribution in [-0.4, -0.2) is 157 Å².